The summed E-state index contributed by atoms with van der Waals surface area (Å²) in [5.74, 6) is 0.935. The Morgan fingerprint density at radius 1 is 0.814 bits per heavy atom. The van der Waals surface area contributed by atoms with Crippen LogP contribution in [-0.2, 0) is 19.1 Å². The van der Waals surface area contributed by atoms with E-state index in [9.17, 15) is 19.2 Å². The van der Waals surface area contributed by atoms with Crippen molar-refractivity contribution in [3.63, 3.8) is 0 Å². The third-order valence-electron chi connectivity index (χ3n) is 11.3. The highest BCUT2D eigenvalue weighted by atomic mass is 16.5. The summed E-state index contributed by atoms with van der Waals surface area (Å²) >= 11 is 0. The molecule has 4 atom stereocenters. The molecule has 0 spiro atoms. The van der Waals surface area contributed by atoms with Gasteiger partial charge in [-0.1, -0.05) is 62.4 Å². The predicted octanol–water partition coefficient (Wildman–Crippen LogP) is 6.27. The molecule has 4 amide bonds. The quantitative estimate of drug-likeness (QED) is 0.103. The molecule has 0 bridgehead atoms. The van der Waals surface area contributed by atoms with Gasteiger partial charge in [0.05, 0.1) is 48.0 Å². The Labute approximate surface area is 341 Å². The van der Waals surface area contributed by atoms with E-state index in [0.29, 0.717) is 31.1 Å². The van der Waals surface area contributed by atoms with Crippen molar-refractivity contribution in [3.8, 4) is 33.8 Å². The average molecular weight is 795 g/mol. The standard InChI is InChI=1S/C44H46N10O5/c1-26(2)38(52-44(58)59-3)42(56)53-17-7-12-37(53)41-48-24-35(51-41)32-16-15-30(21-45-32)28-13-14-29-19-31(22-46-33(29)20-28)34-23-47-40(50-34)36-11-8-18-54(36)43(57)39(49-25-55)27-9-5-4-6-10-27/h4-6,9-10,13-16,19-26,36-39H,7-8,11-12,17-18H2,1-3H3,(H,47,50)(H,48,51)(H,49,55)(H,52,58)/t36-,37-,38-,39+/m0/s1. The van der Waals surface area contributed by atoms with Gasteiger partial charge >= 0.3 is 6.09 Å². The number of aromatic amines is 2. The van der Waals surface area contributed by atoms with Crippen molar-refractivity contribution in [1.82, 2.24) is 50.3 Å². The molecule has 2 fully saturated rings. The lowest BCUT2D eigenvalue weighted by Crippen LogP contribution is -2.51. The molecule has 6 aromatic rings. The lowest BCUT2D eigenvalue weighted by Gasteiger charge is -2.30. The lowest BCUT2D eigenvalue weighted by atomic mass is 10.0. The lowest BCUT2D eigenvalue weighted by molar-refractivity contribution is -0.136. The Hall–Kier alpha value is -6.90. The highest BCUT2D eigenvalue weighted by Gasteiger charge is 2.38. The normalized spacial score (nSPS) is 17.6. The molecule has 4 aromatic heterocycles. The summed E-state index contributed by atoms with van der Waals surface area (Å²) < 4.78 is 4.75. The van der Waals surface area contributed by atoms with Crippen molar-refractivity contribution in [3.05, 3.63) is 109 Å². The van der Waals surface area contributed by atoms with Gasteiger partial charge in [0.1, 0.15) is 23.7 Å². The highest BCUT2D eigenvalue weighted by Crippen LogP contribution is 2.36. The van der Waals surface area contributed by atoms with E-state index in [4.69, 9.17) is 19.7 Å². The molecule has 6 heterocycles. The molecular formula is C44H46N10O5. The van der Waals surface area contributed by atoms with Crippen molar-refractivity contribution >= 4 is 35.2 Å². The first-order chi connectivity index (χ1) is 28.7. The largest absolute Gasteiger partial charge is 0.453 e. The number of carbonyl (C=O) groups excluding carboxylic acids is 4. The second-order valence-electron chi connectivity index (χ2n) is 15.3. The first-order valence-electron chi connectivity index (χ1n) is 19.9. The zero-order valence-corrected chi connectivity index (χ0v) is 33.1. The maximum atomic E-state index is 13.7. The number of aromatic nitrogens is 6. The molecule has 0 aliphatic carbocycles. The smallest absolute Gasteiger partial charge is 0.407 e. The van der Waals surface area contributed by atoms with Crippen molar-refractivity contribution < 1.29 is 23.9 Å². The van der Waals surface area contributed by atoms with Gasteiger partial charge in [-0.2, -0.15) is 0 Å². The molecule has 0 saturated carbocycles. The molecule has 59 heavy (non-hydrogen) atoms. The number of amides is 4. The Balaban J connectivity index is 0.943. The Morgan fingerprint density at radius 3 is 2.25 bits per heavy atom. The van der Waals surface area contributed by atoms with E-state index in [0.717, 1.165) is 75.9 Å². The number of methoxy groups -OCH3 is 1. The molecule has 15 nitrogen and oxygen atoms in total. The number of likely N-dealkylation sites (tertiary alicyclic amines) is 2. The van der Waals surface area contributed by atoms with Crippen LogP contribution in [-0.4, -0.2) is 90.3 Å². The molecule has 2 aliphatic heterocycles. The van der Waals surface area contributed by atoms with Crippen LogP contribution < -0.4 is 10.6 Å². The number of hydrogen-bond acceptors (Lipinski definition) is 9. The molecule has 4 N–H and O–H groups in total. The fourth-order valence-corrected chi connectivity index (χ4v) is 8.15. The van der Waals surface area contributed by atoms with Gasteiger partial charge < -0.3 is 35.1 Å². The number of nitrogens with one attached hydrogen (secondary N) is 4. The predicted molar refractivity (Wildman–Crippen MR) is 220 cm³/mol. The second-order valence-corrected chi connectivity index (χ2v) is 15.3. The molecule has 0 unspecified atom stereocenters. The van der Waals surface area contributed by atoms with Crippen molar-refractivity contribution in [2.24, 2.45) is 5.92 Å². The Bertz CT molecular complexity index is 2470. The summed E-state index contributed by atoms with van der Waals surface area (Å²) in [6.07, 6.45) is 10.3. The van der Waals surface area contributed by atoms with Crippen LogP contribution in [0.2, 0.25) is 0 Å². The van der Waals surface area contributed by atoms with Gasteiger partial charge in [0.15, 0.2) is 0 Å². The van der Waals surface area contributed by atoms with E-state index in [-0.39, 0.29) is 29.8 Å². The number of imidazole rings is 2. The molecular weight excluding hydrogens is 749 g/mol. The number of fused-ring (bicyclic) bond motifs is 1. The maximum Gasteiger partial charge on any atom is 0.407 e. The van der Waals surface area contributed by atoms with E-state index in [2.05, 4.69) is 31.7 Å². The van der Waals surface area contributed by atoms with Gasteiger partial charge in [-0.05, 0) is 60.9 Å². The minimum Gasteiger partial charge on any atom is -0.453 e. The first kappa shape index (κ1) is 38.9. The molecule has 302 valence electrons. The van der Waals surface area contributed by atoms with Crippen LogP contribution in [0.1, 0.15) is 74.9 Å². The topological polar surface area (TPSA) is 191 Å². The van der Waals surface area contributed by atoms with Crippen LogP contribution in [0, 0.1) is 5.92 Å². The third kappa shape index (κ3) is 8.00. The fraction of sp³-hybridized carbons (Fsp3) is 0.318. The van der Waals surface area contributed by atoms with Crippen LogP contribution in [0.3, 0.4) is 0 Å². The number of benzene rings is 2. The molecule has 2 saturated heterocycles. The van der Waals surface area contributed by atoms with E-state index >= 15 is 0 Å². The van der Waals surface area contributed by atoms with Crippen molar-refractivity contribution in [1.29, 1.82) is 0 Å². The molecule has 15 heteroatoms. The number of ether oxygens (including phenoxy) is 1. The minimum absolute atomic E-state index is 0.118. The Kier molecular flexibility index (Phi) is 11.2. The van der Waals surface area contributed by atoms with Crippen molar-refractivity contribution in [2.45, 2.75) is 63.7 Å². The van der Waals surface area contributed by atoms with Crippen LogP contribution in [0.5, 0.6) is 0 Å². The van der Waals surface area contributed by atoms with E-state index < -0.39 is 18.2 Å². The van der Waals surface area contributed by atoms with Gasteiger partial charge in [0.2, 0.25) is 18.2 Å². The zero-order valence-electron chi connectivity index (χ0n) is 33.1. The number of carbonyl (C=O) groups is 4. The molecule has 8 rings (SSSR count). The summed E-state index contributed by atoms with van der Waals surface area (Å²) in [5.41, 5.74) is 6.49. The first-order valence-corrected chi connectivity index (χ1v) is 19.9. The van der Waals surface area contributed by atoms with Crippen LogP contribution in [0.15, 0.2) is 91.5 Å². The van der Waals surface area contributed by atoms with Gasteiger partial charge in [-0.3, -0.25) is 24.4 Å². The zero-order chi connectivity index (χ0) is 41.0. The third-order valence-corrected chi connectivity index (χ3v) is 11.3. The fourth-order valence-electron chi connectivity index (χ4n) is 8.15. The highest BCUT2D eigenvalue weighted by molar-refractivity contribution is 5.88. The summed E-state index contributed by atoms with van der Waals surface area (Å²) in [4.78, 5) is 80.0. The molecule has 0 radical (unpaired) electrons. The number of hydrogen-bond donors (Lipinski definition) is 4. The number of alkyl carbamates (subject to hydrolysis) is 1. The van der Waals surface area contributed by atoms with Crippen LogP contribution >= 0.6 is 0 Å². The summed E-state index contributed by atoms with van der Waals surface area (Å²) in [7, 11) is 1.28. The van der Waals surface area contributed by atoms with Crippen LogP contribution in [0.4, 0.5) is 4.79 Å². The summed E-state index contributed by atoms with van der Waals surface area (Å²) in [6, 6.07) is 19.4. The van der Waals surface area contributed by atoms with Gasteiger partial charge in [0, 0.05) is 48.2 Å². The van der Waals surface area contributed by atoms with E-state index in [1.165, 1.54) is 7.11 Å². The van der Waals surface area contributed by atoms with Crippen LogP contribution in [0.25, 0.3) is 44.7 Å². The van der Waals surface area contributed by atoms with Crippen molar-refractivity contribution in [2.75, 3.05) is 20.2 Å². The van der Waals surface area contributed by atoms with Gasteiger partial charge in [-0.25, -0.2) is 14.8 Å². The summed E-state index contributed by atoms with van der Waals surface area (Å²) in [5, 5.41) is 6.34. The summed E-state index contributed by atoms with van der Waals surface area (Å²) in [6.45, 7) is 4.94. The van der Waals surface area contributed by atoms with E-state index in [1.54, 1.807) is 22.2 Å². The second kappa shape index (κ2) is 16.9. The minimum atomic E-state index is -0.770. The van der Waals surface area contributed by atoms with E-state index in [1.807, 2.05) is 86.9 Å². The number of H-pyrrole nitrogens is 2. The van der Waals surface area contributed by atoms with Gasteiger partial charge in [0.25, 0.3) is 0 Å². The van der Waals surface area contributed by atoms with Gasteiger partial charge in [-0.15, -0.1) is 0 Å². The monoisotopic (exact) mass is 794 g/mol. The Morgan fingerprint density at radius 2 is 1.54 bits per heavy atom. The number of pyridine rings is 2. The molecule has 2 aliphatic rings. The SMILES string of the molecule is COC(=O)N[C@H](C(=O)N1CCC[C@H]1c1ncc(-c2ccc(-c3ccc4cc(-c5c[nH]c([C@@H]6CCCN6C(=O)[C@H](NC=O)c6ccccc6)n5)cnc4c3)cn2)[nH]1)C(C)C. The average Bonchev–Trinajstić information content (AvgIpc) is 4.11. The molecule has 2 aromatic carbocycles. The number of rotatable bonds is 12. The number of nitrogens with zero attached hydrogens (tertiary/aromatic N) is 6. The maximum absolute atomic E-state index is 13.7.